The van der Waals surface area contributed by atoms with Crippen molar-refractivity contribution in [2.24, 2.45) is 0 Å². The zero-order valence-electron chi connectivity index (χ0n) is 15.3. The highest BCUT2D eigenvalue weighted by molar-refractivity contribution is 7.98. The van der Waals surface area contributed by atoms with Crippen LogP contribution in [0.1, 0.15) is 28.9 Å². The lowest BCUT2D eigenvalue weighted by atomic mass is 10.1. The molecule has 0 saturated carbocycles. The Morgan fingerprint density at radius 1 is 1.14 bits per heavy atom. The Bertz CT molecular complexity index is 879. The van der Waals surface area contributed by atoms with Gasteiger partial charge in [0.15, 0.2) is 0 Å². The number of benzene rings is 1. The maximum Gasteiger partial charge on any atom is 0.252 e. The molecule has 8 heteroatoms. The zero-order chi connectivity index (χ0) is 17.8. The number of fused-ring (bicyclic) bond motifs is 1. The summed E-state index contributed by atoms with van der Waals surface area (Å²) in [4.78, 5) is 18.3. The molecule has 2 N–H and O–H groups in total. The van der Waals surface area contributed by atoms with Gasteiger partial charge in [0.05, 0.1) is 11.3 Å². The average molecular weight is 439 g/mol. The highest BCUT2D eigenvalue weighted by Gasteiger charge is 2.18. The van der Waals surface area contributed by atoms with Gasteiger partial charge in [-0.3, -0.25) is 4.79 Å². The van der Waals surface area contributed by atoms with Gasteiger partial charge in [-0.05, 0) is 50.2 Å². The van der Waals surface area contributed by atoms with Crippen molar-refractivity contribution in [3.63, 3.8) is 0 Å². The van der Waals surface area contributed by atoms with Gasteiger partial charge in [0.2, 0.25) is 0 Å². The van der Waals surface area contributed by atoms with E-state index in [-0.39, 0.29) is 36.8 Å². The van der Waals surface area contributed by atoms with E-state index in [9.17, 15) is 4.79 Å². The molecule has 0 unspecified atom stereocenters. The van der Waals surface area contributed by atoms with Crippen LogP contribution in [0.4, 0.5) is 0 Å². The molecule has 0 atom stereocenters. The number of hydrogen-bond acceptors (Lipinski definition) is 4. The van der Waals surface area contributed by atoms with Crippen molar-refractivity contribution in [2.75, 3.05) is 13.1 Å². The molecule has 1 fully saturated rings. The quantitative estimate of drug-likeness (QED) is 0.591. The molecule has 2 aromatic heterocycles. The Balaban J connectivity index is 0.00000140. The normalized spacial score (nSPS) is 14.1. The maximum atomic E-state index is 12.7. The molecule has 28 heavy (non-hydrogen) atoms. The van der Waals surface area contributed by atoms with Gasteiger partial charge in [-0.1, -0.05) is 18.2 Å². The number of rotatable bonds is 5. The van der Waals surface area contributed by atoms with Gasteiger partial charge in [-0.25, -0.2) is 4.98 Å². The van der Waals surface area contributed by atoms with Crippen molar-refractivity contribution in [1.29, 1.82) is 0 Å². The summed E-state index contributed by atoms with van der Waals surface area (Å²) < 4.78 is 2.02. The van der Waals surface area contributed by atoms with Gasteiger partial charge in [0, 0.05) is 29.1 Å². The fraction of sp³-hybridized carbons (Fsp3) is 0.300. The second-order valence-electron chi connectivity index (χ2n) is 6.48. The van der Waals surface area contributed by atoms with Crippen molar-refractivity contribution in [3.8, 4) is 0 Å². The Morgan fingerprint density at radius 2 is 1.89 bits per heavy atom. The van der Waals surface area contributed by atoms with E-state index in [1.807, 2.05) is 59.3 Å². The van der Waals surface area contributed by atoms with Gasteiger partial charge >= 0.3 is 0 Å². The van der Waals surface area contributed by atoms with Crippen molar-refractivity contribution in [3.05, 3.63) is 66.1 Å². The number of halogens is 2. The lowest BCUT2D eigenvalue weighted by molar-refractivity contribution is 0.0926. The van der Waals surface area contributed by atoms with Gasteiger partial charge in [-0.15, -0.1) is 36.6 Å². The van der Waals surface area contributed by atoms with Crippen LogP contribution in [0.5, 0.6) is 0 Å². The van der Waals surface area contributed by atoms with Crippen molar-refractivity contribution in [1.82, 2.24) is 20.0 Å². The number of amides is 1. The van der Waals surface area contributed by atoms with E-state index in [4.69, 9.17) is 0 Å². The largest absolute Gasteiger partial charge is 0.349 e. The van der Waals surface area contributed by atoms with E-state index in [0.717, 1.165) is 53.5 Å². The number of nitrogens with one attached hydrogen (secondary N) is 2. The number of hydrogen-bond donors (Lipinski definition) is 2. The third kappa shape index (κ3) is 5.41. The van der Waals surface area contributed by atoms with Gasteiger partial charge < -0.3 is 15.0 Å². The Hall–Kier alpha value is -1.73. The second-order valence-corrected chi connectivity index (χ2v) is 7.50. The molecule has 0 radical (unpaired) electrons. The van der Waals surface area contributed by atoms with Gasteiger partial charge in [0.1, 0.15) is 5.65 Å². The first-order chi connectivity index (χ1) is 12.8. The standard InChI is InChI=1S/C20H22N4OS.2ClH/c25-20(23-15-8-10-21-11-9-15)17-5-1-2-6-18(17)26-14-16-13-24-12-4-3-7-19(24)22-16;;/h1-7,12-13,15,21H,8-11,14H2,(H,23,25);2*1H. The summed E-state index contributed by atoms with van der Waals surface area (Å²) in [7, 11) is 0. The molecule has 3 aromatic rings. The van der Waals surface area contributed by atoms with Crippen LogP contribution in [-0.4, -0.2) is 34.4 Å². The molecular weight excluding hydrogens is 415 g/mol. The van der Waals surface area contributed by atoms with Gasteiger partial charge in [-0.2, -0.15) is 0 Å². The molecule has 0 bridgehead atoms. The molecule has 1 amide bonds. The predicted molar refractivity (Wildman–Crippen MR) is 119 cm³/mol. The molecule has 1 aliphatic rings. The summed E-state index contributed by atoms with van der Waals surface area (Å²) >= 11 is 1.66. The lowest BCUT2D eigenvalue weighted by Gasteiger charge is -2.24. The first-order valence-electron chi connectivity index (χ1n) is 8.95. The highest BCUT2D eigenvalue weighted by atomic mass is 35.5. The molecule has 1 aromatic carbocycles. The number of carbonyl (C=O) groups is 1. The van der Waals surface area contributed by atoms with E-state index in [2.05, 4.69) is 15.6 Å². The van der Waals surface area contributed by atoms with E-state index in [0.29, 0.717) is 0 Å². The van der Waals surface area contributed by atoms with Crippen molar-refractivity contribution in [2.45, 2.75) is 29.5 Å². The zero-order valence-corrected chi connectivity index (χ0v) is 17.8. The van der Waals surface area contributed by atoms with Crippen LogP contribution in [0.25, 0.3) is 5.65 Å². The van der Waals surface area contributed by atoms with Crippen molar-refractivity contribution < 1.29 is 4.79 Å². The Kier molecular flexibility index (Phi) is 8.63. The van der Waals surface area contributed by atoms with Crippen LogP contribution >= 0.6 is 36.6 Å². The first kappa shape index (κ1) is 22.6. The fourth-order valence-electron chi connectivity index (χ4n) is 3.22. The average Bonchev–Trinajstić information content (AvgIpc) is 3.10. The molecule has 1 aliphatic heterocycles. The van der Waals surface area contributed by atoms with Crippen LogP contribution in [-0.2, 0) is 5.75 Å². The summed E-state index contributed by atoms with van der Waals surface area (Å²) in [5.41, 5.74) is 2.70. The lowest BCUT2D eigenvalue weighted by Crippen LogP contribution is -2.42. The van der Waals surface area contributed by atoms with E-state index in [1.54, 1.807) is 11.8 Å². The minimum Gasteiger partial charge on any atom is -0.349 e. The summed E-state index contributed by atoms with van der Waals surface area (Å²) in [6.07, 6.45) is 6.02. The minimum atomic E-state index is 0. The number of carbonyl (C=O) groups excluding carboxylic acids is 1. The minimum absolute atomic E-state index is 0. The SMILES string of the molecule is Cl.Cl.O=C(NC1CCNCC1)c1ccccc1SCc1cn2ccccc2n1. The van der Waals surface area contributed by atoms with Crippen molar-refractivity contribution >= 4 is 48.1 Å². The van der Waals surface area contributed by atoms with Crippen LogP contribution in [0.2, 0.25) is 0 Å². The number of piperidine rings is 1. The number of aromatic nitrogens is 2. The van der Waals surface area contributed by atoms with Crippen LogP contribution in [0, 0.1) is 0 Å². The predicted octanol–water partition coefficient (Wildman–Crippen LogP) is 3.95. The summed E-state index contributed by atoms with van der Waals surface area (Å²) in [5.74, 6) is 0.759. The van der Waals surface area contributed by atoms with Crippen LogP contribution in [0.15, 0.2) is 59.8 Å². The van der Waals surface area contributed by atoms with Crippen LogP contribution in [0.3, 0.4) is 0 Å². The Morgan fingerprint density at radius 3 is 2.68 bits per heavy atom. The number of nitrogens with zero attached hydrogens (tertiary/aromatic N) is 2. The number of pyridine rings is 1. The smallest absolute Gasteiger partial charge is 0.252 e. The van der Waals surface area contributed by atoms with E-state index < -0.39 is 0 Å². The third-order valence-electron chi connectivity index (χ3n) is 4.60. The maximum absolute atomic E-state index is 12.7. The Labute approximate surface area is 181 Å². The topological polar surface area (TPSA) is 58.4 Å². The number of thioether (sulfide) groups is 1. The van der Waals surface area contributed by atoms with Crippen LogP contribution < -0.4 is 10.6 Å². The first-order valence-corrected chi connectivity index (χ1v) is 9.94. The third-order valence-corrected chi connectivity index (χ3v) is 5.70. The molecule has 5 nitrogen and oxygen atoms in total. The van der Waals surface area contributed by atoms with E-state index >= 15 is 0 Å². The second kappa shape index (κ2) is 10.7. The molecule has 4 rings (SSSR count). The molecule has 3 heterocycles. The fourth-order valence-corrected chi connectivity index (χ4v) is 4.15. The van der Waals surface area contributed by atoms with Gasteiger partial charge in [0.25, 0.3) is 5.91 Å². The van der Waals surface area contributed by atoms with E-state index in [1.165, 1.54) is 0 Å². The molecule has 0 spiro atoms. The number of imidazole rings is 1. The molecule has 0 aliphatic carbocycles. The highest BCUT2D eigenvalue weighted by Crippen LogP contribution is 2.26. The molecule has 150 valence electrons. The summed E-state index contributed by atoms with van der Waals surface area (Å²) in [5, 5.41) is 6.51. The summed E-state index contributed by atoms with van der Waals surface area (Å²) in [6, 6.07) is 14.1. The summed E-state index contributed by atoms with van der Waals surface area (Å²) in [6.45, 7) is 1.93. The monoisotopic (exact) mass is 438 g/mol. The molecule has 1 saturated heterocycles. The molecular formula is C20H24Cl2N4OS.